The summed E-state index contributed by atoms with van der Waals surface area (Å²) in [7, 11) is 0. The second kappa shape index (κ2) is 8.80. The molecule has 1 saturated heterocycles. The lowest BCUT2D eigenvalue weighted by Crippen LogP contribution is -2.39. The van der Waals surface area contributed by atoms with Crippen LogP contribution in [-0.2, 0) is 4.79 Å². The molecular weight excluding hydrogens is 262 g/mol. The van der Waals surface area contributed by atoms with E-state index in [9.17, 15) is 4.79 Å². The third-order valence-corrected chi connectivity index (χ3v) is 4.07. The maximum absolute atomic E-state index is 12.0. The van der Waals surface area contributed by atoms with Crippen molar-refractivity contribution in [2.45, 2.75) is 25.7 Å². The van der Waals surface area contributed by atoms with Gasteiger partial charge in [0.05, 0.1) is 6.54 Å². The van der Waals surface area contributed by atoms with Gasteiger partial charge in [-0.15, -0.1) is 0 Å². The lowest BCUT2D eigenvalue weighted by Gasteiger charge is -2.19. The van der Waals surface area contributed by atoms with E-state index in [1.54, 1.807) is 0 Å². The highest BCUT2D eigenvalue weighted by atomic mass is 16.2. The summed E-state index contributed by atoms with van der Waals surface area (Å²) in [6.07, 6.45) is 2.11. The third-order valence-electron chi connectivity index (χ3n) is 4.07. The quantitative estimate of drug-likeness (QED) is 0.836. The number of rotatable bonds is 6. The molecule has 0 bridgehead atoms. The number of nitrogens with zero attached hydrogens (tertiary/aromatic N) is 1. The normalized spacial score (nSPS) is 18.0. The molecule has 1 heterocycles. The Morgan fingerprint density at radius 2 is 2.10 bits per heavy atom. The molecule has 0 spiro atoms. The van der Waals surface area contributed by atoms with Gasteiger partial charge in [0.2, 0.25) is 5.91 Å². The van der Waals surface area contributed by atoms with Crippen LogP contribution >= 0.6 is 0 Å². The molecule has 2 rings (SSSR count). The second-order valence-corrected chi connectivity index (χ2v) is 5.83. The molecule has 0 aromatic heterocycles. The highest BCUT2D eigenvalue weighted by molar-refractivity contribution is 5.77. The van der Waals surface area contributed by atoms with Crippen LogP contribution in [0.1, 0.15) is 31.2 Å². The number of benzene rings is 1. The first-order valence-corrected chi connectivity index (χ1v) is 8.00. The molecule has 1 unspecified atom stereocenters. The van der Waals surface area contributed by atoms with E-state index in [1.807, 2.05) is 6.07 Å². The van der Waals surface area contributed by atoms with Gasteiger partial charge in [0.25, 0.3) is 0 Å². The Morgan fingerprint density at radius 3 is 2.90 bits per heavy atom. The number of amides is 1. The molecule has 1 aliphatic heterocycles. The fourth-order valence-electron chi connectivity index (χ4n) is 2.70. The van der Waals surface area contributed by atoms with Crippen molar-refractivity contribution in [3.63, 3.8) is 0 Å². The SMILES string of the molecule is CC(CCNC(=O)CN1CCCNCC1)c1ccccc1. The minimum absolute atomic E-state index is 0.150. The molecule has 1 fully saturated rings. The minimum Gasteiger partial charge on any atom is -0.355 e. The van der Waals surface area contributed by atoms with E-state index in [4.69, 9.17) is 0 Å². The summed E-state index contributed by atoms with van der Waals surface area (Å²) in [6.45, 7) is 7.52. The summed E-state index contributed by atoms with van der Waals surface area (Å²) >= 11 is 0. The van der Waals surface area contributed by atoms with E-state index in [0.717, 1.165) is 45.6 Å². The fraction of sp³-hybridized carbons (Fsp3) is 0.588. The smallest absolute Gasteiger partial charge is 0.234 e. The molecule has 0 radical (unpaired) electrons. The number of nitrogens with one attached hydrogen (secondary N) is 2. The van der Waals surface area contributed by atoms with Gasteiger partial charge in [-0.3, -0.25) is 9.69 Å². The van der Waals surface area contributed by atoms with Crippen LogP contribution in [0, 0.1) is 0 Å². The molecule has 0 aliphatic carbocycles. The standard InChI is InChI=1S/C17H27N3O/c1-15(16-6-3-2-4-7-16)8-10-19-17(21)14-20-12-5-9-18-11-13-20/h2-4,6-7,15,18H,5,8-14H2,1H3,(H,19,21). The topological polar surface area (TPSA) is 44.4 Å². The van der Waals surface area contributed by atoms with Crippen molar-refractivity contribution in [1.29, 1.82) is 0 Å². The van der Waals surface area contributed by atoms with Crippen LogP contribution in [0.15, 0.2) is 30.3 Å². The third kappa shape index (κ3) is 5.86. The first-order chi connectivity index (χ1) is 10.3. The highest BCUT2D eigenvalue weighted by Crippen LogP contribution is 2.17. The molecule has 116 valence electrons. The van der Waals surface area contributed by atoms with E-state index in [0.29, 0.717) is 12.5 Å². The molecule has 1 atom stereocenters. The number of carbonyl (C=O) groups excluding carboxylic acids is 1. The van der Waals surface area contributed by atoms with Crippen molar-refractivity contribution in [3.05, 3.63) is 35.9 Å². The predicted octanol–water partition coefficient (Wildman–Crippen LogP) is 1.59. The largest absolute Gasteiger partial charge is 0.355 e. The minimum atomic E-state index is 0.150. The van der Waals surface area contributed by atoms with Crippen LogP contribution in [0.2, 0.25) is 0 Å². The van der Waals surface area contributed by atoms with E-state index >= 15 is 0 Å². The van der Waals surface area contributed by atoms with Gasteiger partial charge in [-0.05, 0) is 37.4 Å². The average molecular weight is 289 g/mol. The van der Waals surface area contributed by atoms with Crippen molar-refractivity contribution < 1.29 is 4.79 Å². The zero-order valence-electron chi connectivity index (χ0n) is 13.0. The number of carbonyl (C=O) groups is 1. The van der Waals surface area contributed by atoms with Crippen molar-refractivity contribution in [2.24, 2.45) is 0 Å². The summed E-state index contributed by atoms with van der Waals surface area (Å²) in [5.74, 6) is 0.631. The summed E-state index contributed by atoms with van der Waals surface area (Å²) in [4.78, 5) is 14.2. The van der Waals surface area contributed by atoms with Crippen LogP contribution in [0.25, 0.3) is 0 Å². The first kappa shape index (κ1) is 16.0. The Kier molecular flexibility index (Phi) is 6.70. The van der Waals surface area contributed by atoms with Crippen LogP contribution in [0.4, 0.5) is 0 Å². The maximum Gasteiger partial charge on any atom is 0.234 e. The van der Waals surface area contributed by atoms with Gasteiger partial charge >= 0.3 is 0 Å². The van der Waals surface area contributed by atoms with E-state index in [-0.39, 0.29) is 5.91 Å². The van der Waals surface area contributed by atoms with Gasteiger partial charge in [-0.2, -0.15) is 0 Å². The van der Waals surface area contributed by atoms with Crippen molar-refractivity contribution in [1.82, 2.24) is 15.5 Å². The van der Waals surface area contributed by atoms with Gasteiger partial charge < -0.3 is 10.6 Å². The highest BCUT2D eigenvalue weighted by Gasteiger charge is 2.12. The van der Waals surface area contributed by atoms with Crippen molar-refractivity contribution in [3.8, 4) is 0 Å². The second-order valence-electron chi connectivity index (χ2n) is 5.83. The zero-order chi connectivity index (χ0) is 14.9. The molecule has 1 aromatic carbocycles. The summed E-state index contributed by atoms with van der Waals surface area (Å²) in [6, 6.07) is 10.5. The Bertz CT molecular complexity index is 413. The molecule has 1 aromatic rings. The van der Waals surface area contributed by atoms with Crippen LogP contribution < -0.4 is 10.6 Å². The van der Waals surface area contributed by atoms with Crippen molar-refractivity contribution in [2.75, 3.05) is 39.3 Å². The molecule has 2 N–H and O–H groups in total. The molecule has 21 heavy (non-hydrogen) atoms. The van der Waals surface area contributed by atoms with Crippen LogP contribution in [0.5, 0.6) is 0 Å². The zero-order valence-corrected chi connectivity index (χ0v) is 13.0. The lowest BCUT2D eigenvalue weighted by atomic mass is 9.98. The first-order valence-electron chi connectivity index (χ1n) is 8.00. The summed E-state index contributed by atoms with van der Waals surface area (Å²) in [5, 5.41) is 6.40. The summed E-state index contributed by atoms with van der Waals surface area (Å²) < 4.78 is 0. The van der Waals surface area contributed by atoms with Gasteiger partial charge in [0, 0.05) is 19.6 Å². The molecule has 4 nitrogen and oxygen atoms in total. The monoisotopic (exact) mass is 289 g/mol. The predicted molar refractivity (Wildman–Crippen MR) is 86.4 cm³/mol. The average Bonchev–Trinajstić information content (AvgIpc) is 2.76. The summed E-state index contributed by atoms with van der Waals surface area (Å²) in [5.41, 5.74) is 1.34. The Hall–Kier alpha value is -1.39. The van der Waals surface area contributed by atoms with Crippen LogP contribution in [-0.4, -0.2) is 50.1 Å². The Balaban J connectivity index is 1.64. The molecule has 1 amide bonds. The van der Waals surface area contributed by atoms with E-state index in [2.05, 4.69) is 46.7 Å². The van der Waals surface area contributed by atoms with E-state index in [1.165, 1.54) is 5.56 Å². The van der Waals surface area contributed by atoms with Crippen molar-refractivity contribution >= 4 is 5.91 Å². The van der Waals surface area contributed by atoms with Gasteiger partial charge in [0.1, 0.15) is 0 Å². The molecular formula is C17H27N3O. The van der Waals surface area contributed by atoms with Gasteiger partial charge in [0.15, 0.2) is 0 Å². The lowest BCUT2D eigenvalue weighted by molar-refractivity contribution is -0.122. The molecule has 0 saturated carbocycles. The Labute approximate surface area is 127 Å². The van der Waals surface area contributed by atoms with Crippen LogP contribution in [0.3, 0.4) is 0 Å². The molecule has 4 heteroatoms. The number of hydrogen-bond donors (Lipinski definition) is 2. The number of hydrogen-bond acceptors (Lipinski definition) is 3. The molecule has 1 aliphatic rings. The maximum atomic E-state index is 12.0. The van der Waals surface area contributed by atoms with Gasteiger partial charge in [-0.25, -0.2) is 0 Å². The van der Waals surface area contributed by atoms with E-state index < -0.39 is 0 Å². The van der Waals surface area contributed by atoms with Gasteiger partial charge in [-0.1, -0.05) is 37.3 Å². The fourth-order valence-corrected chi connectivity index (χ4v) is 2.70. The Morgan fingerprint density at radius 1 is 1.29 bits per heavy atom.